The molecule has 0 atom stereocenters. The molecule has 7 nitrogen and oxygen atoms in total. The smallest absolute Gasteiger partial charge is 0.271 e. The van der Waals surface area contributed by atoms with E-state index in [9.17, 15) is 18.0 Å². The number of hydrogen-bond donors (Lipinski definition) is 1. The van der Waals surface area contributed by atoms with Crippen LogP contribution >= 0.6 is 11.3 Å². The van der Waals surface area contributed by atoms with Crippen molar-refractivity contribution in [2.45, 2.75) is 19.6 Å². The highest BCUT2D eigenvalue weighted by atomic mass is 32.1. The van der Waals surface area contributed by atoms with Crippen LogP contribution in [0.1, 0.15) is 15.3 Å². The number of carbonyl (C=O) groups excluding carboxylic acids is 1. The lowest BCUT2D eigenvalue weighted by Crippen LogP contribution is -2.24. The van der Waals surface area contributed by atoms with Crippen LogP contribution in [0.5, 0.6) is 0 Å². The molecule has 0 fully saturated rings. The molecule has 0 aliphatic rings. The molecule has 0 saturated carbocycles. The van der Waals surface area contributed by atoms with E-state index in [4.69, 9.17) is 0 Å². The molecule has 0 radical (unpaired) electrons. The number of thiophene rings is 1. The maximum Gasteiger partial charge on any atom is 0.416 e. The fraction of sp³-hybridized carbons (Fsp3) is 0.188. The molecule has 11 heteroatoms. The molecule has 1 N–H and O–H groups in total. The first-order chi connectivity index (χ1) is 12.8. The standard InChI is InChI=1S/C16H13F3N6OS/c1-10-5-6-13(27-10)8-20-21-14(26)9-25-23-15(22-24-25)11-3-2-4-12(7-11)16(17,18)19/h2-8H,9H2,1H3,(H,21,26)/b20-8-. The largest absolute Gasteiger partial charge is 0.416 e. The van der Waals surface area contributed by atoms with Gasteiger partial charge in [-0.1, -0.05) is 12.1 Å². The van der Waals surface area contributed by atoms with Crippen molar-refractivity contribution in [3.8, 4) is 11.4 Å². The summed E-state index contributed by atoms with van der Waals surface area (Å²) in [5.41, 5.74) is 1.67. The van der Waals surface area contributed by atoms with Crippen molar-refractivity contribution < 1.29 is 18.0 Å². The lowest BCUT2D eigenvalue weighted by Gasteiger charge is -2.06. The third-order valence-electron chi connectivity index (χ3n) is 3.33. The number of aromatic nitrogens is 4. The van der Waals surface area contributed by atoms with Gasteiger partial charge in [0.05, 0.1) is 11.8 Å². The zero-order chi connectivity index (χ0) is 19.4. The number of nitrogens with zero attached hydrogens (tertiary/aromatic N) is 5. The molecular weight excluding hydrogens is 381 g/mol. The second-order valence-corrected chi connectivity index (χ2v) is 6.78. The molecule has 0 bridgehead atoms. The monoisotopic (exact) mass is 394 g/mol. The molecule has 3 aromatic rings. The fourth-order valence-electron chi connectivity index (χ4n) is 2.11. The quantitative estimate of drug-likeness (QED) is 0.533. The van der Waals surface area contributed by atoms with Gasteiger partial charge < -0.3 is 0 Å². The highest BCUT2D eigenvalue weighted by Crippen LogP contribution is 2.31. The van der Waals surface area contributed by atoms with Crippen LogP contribution in [0, 0.1) is 6.92 Å². The Labute approximate surface area is 155 Å². The zero-order valence-electron chi connectivity index (χ0n) is 13.9. The Morgan fingerprint density at radius 2 is 2.15 bits per heavy atom. The Morgan fingerprint density at radius 3 is 2.85 bits per heavy atom. The third kappa shape index (κ3) is 4.97. The van der Waals surface area contributed by atoms with Crippen molar-refractivity contribution in [2.75, 3.05) is 0 Å². The van der Waals surface area contributed by atoms with Crippen molar-refractivity contribution in [3.63, 3.8) is 0 Å². The van der Waals surface area contributed by atoms with Crippen LogP contribution in [0.2, 0.25) is 0 Å². The average Bonchev–Trinajstić information content (AvgIpc) is 3.23. The van der Waals surface area contributed by atoms with E-state index in [-0.39, 0.29) is 17.9 Å². The molecule has 2 aromatic heterocycles. The van der Waals surface area contributed by atoms with Gasteiger partial charge in [0.1, 0.15) is 6.54 Å². The molecule has 0 unspecified atom stereocenters. The molecule has 0 spiro atoms. The minimum Gasteiger partial charge on any atom is -0.271 e. The summed E-state index contributed by atoms with van der Waals surface area (Å²) in [6.45, 7) is 1.69. The second-order valence-electron chi connectivity index (χ2n) is 5.46. The highest BCUT2D eigenvalue weighted by Gasteiger charge is 2.30. The van der Waals surface area contributed by atoms with Crippen molar-refractivity contribution in [3.05, 3.63) is 51.7 Å². The Balaban J connectivity index is 1.62. The molecule has 0 aliphatic carbocycles. The number of rotatable bonds is 5. The number of nitrogens with one attached hydrogen (secondary N) is 1. The van der Waals surface area contributed by atoms with Crippen LogP contribution in [-0.2, 0) is 17.5 Å². The van der Waals surface area contributed by atoms with Gasteiger partial charge in [-0.05, 0) is 36.4 Å². The number of aryl methyl sites for hydroxylation is 1. The van der Waals surface area contributed by atoms with E-state index in [1.165, 1.54) is 29.7 Å². The molecule has 0 aliphatic heterocycles. The minimum atomic E-state index is -4.47. The van der Waals surface area contributed by atoms with Gasteiger partial charge in [0.25, 0.3) is 5.91 Å². The van der Waals surface area contributed by atoms with Crippen LogP contribution in [-0.4, -0.2) is 32.3 Å². The average molecular weight is 394 g/mol. The number of tetrazole rings is 1. The summed E-state index contributed by atoms with van der Waals surface area (Å²) in [7, 11) is 0. The first-order valence-corrected chi connectivity index (χ1v) is 8.47. The molecule has 2 heterocycles. The number of amides is 1. The molecule has 1 amide bonds. The van der Waals surface area contributed by atoms with Gasteiger partial charge in [-0.15, -0.1) is 21.5 Å². The third-order valence-corrected chi connectivity index (χ3v) is 4.26. The Bertz CT molecular complexity index is 978. The number of carbonyl (C=O) groups is 1. The first kappa shape index (κ1) is 18.7. The van der Waals surface area contributed by atoms with Gasteiger partial charge in [-0.3, -0.25) is 4.79 Å². The molecule has 3 rings (SSSR count). The van der Waals surface area contributed by atoms with Gasteiger partial charge in [0.15, 0.2) is 0 Å². The topological polar surface area (TPSA) is 85.1 Å². The van der Waals surface area contributed by atoms with E-state index in [1.54, 1.807) is 0 Å². The van der Waals surface area contributed by atoms with Crippen LogP contribution in [0.3, 0.4) is 0 Å². The van der Waals surface area contributed by atoms with E-state index in [0.29, 0.717) is 0 Å². The normalized spacial score (nSPS) is 11.9. The van der Waals surface area contributed by atoms with E-state index >= 15 is 0 Å². The number of benzene rings is 1. The second kappa shape index (κ2) is 7.66. The van der Waals surface area contributed by atoms with E-state index in [1.807, 2.05) is 19.1 Å². The van der Waals surface area contributed by atoms with Gasteiger partial charge in [-0.25, -0.2) is 5.43 Å². The summed E-state index contributed by atoms with van der Waals surface area (Å²) in [4.78, 5) is 14.8. The number of halogens is 3. The Morgan fingerprint density at radius 1 is 1.33 bits per heavy atom. The summed E-state index contributed by atoms with van der Waals surface area (Å²) in [6.07, 6.45) is -2.95. The van der Waals surface area contributed by atoms with Crippen LogP contribution in [0.4, 0.5) is 13.2 Å². The molecule has 1 aromatic carbocycles. The summed E-state index contributed by atoms with van der Waals surface area (Å²) in [6, 6.07) is 8.37. The van der Waals surface area contributed by atoms with Crippen molar-refractivity contribution in [1.29, 1.82) is 0 Å². The first-order valence-electron chi connectivity index (χ1n) is 7.65. The van der Waals surface area contributed by atoms with Gasteiger partial charge in [0.2, 0.25) is 5.82 Å². The number of hydrazone groups is 1. The highest BCUT2D eigenvalue weighted by molar-refractivity contribution is 7.13. The predicted octanol–water partition coefficient (Wildman–Crippen LogP) is 2.88. The summed E-state index contributed by atoms with van der Waals surface area (Å²) in [5.74, 6) is -0.501. The minimum absolute atomic E-state index is 0.00791. The number of alkyl halides is 3. The van der Waals surface area contributed by atoms with Gasteiger partial charge >= 0.3 is 6.18 Å². The lowest BCUT2D eigenvalue weighted by molar-refractivity contribution is -0.137. The van der Waals surface area contributed by atoms with E-state index < -0.39 is 17.6 Å². The molecular formula is C16H13F3N6OS. The maximum absolute atomic E-state index is 12.8. The van der Waals surface area contributed by atoms with Crippen molar-refractivity contribution in [2.24, 2.45) is 5.10 Å². The van der Waals surface area contributed by atoms with Gasteiger partial charge in [-0.2, -0.15) is 23.1 Å². The zero-order valence-corrected chi connectivity index (χ0v) is 14.8. The van der Waals surface area contributed by atoms with Crippen LogP contribution in [0.15, 0.2) is 41.5 Å². The van der Waals surface area contributed by atoms with Crippen LogP contribution in [0.25, 0.3) is 11.4 Å². The molecule has 0 saturated heterocycles. The summed E-state index contributed by atoms with van der Waals surface area (Å²) < 4.78 is 38.3. The molecule has 140 valence electrons. The Kier molecular flexibility index (Phi) is 5.31. The maximum atomic E-state index is 12.8. The number of hydrogen-bond acceptors (Lipinski definition) is 6. The summed E-state index contributed by atoms with van der Waals surface area (Å²) in [5, 5.41) is 15.1. The van der Waals surface area contributed by atoms with E-state index in [2.05, 4.69) is 25.9 Å². The van der Waals surface area contributed by atoms with Crippen molar-refractivity contribution >= 4 is 23.5 Å². The summed E-state index contributed by atoms with van der Waals surface area (Å²) >= 11 is 1.53. The van der Waals surface area contributed by atoms with Gasteiger partial charge in [0, 0.05) is 15.3 Å². The van der Waals surface area contributed by atoms with Crippen molar-refractivity contribution in [1.82, 2.24) is 25.6 Å². The Hall–Kier alpha value is -3.08. The molecule has 27 heavy (non-hydrogen) atoms. The van der Waals surface area contributed by atoms with E-state index in [0.717, 1.165) is 26.7 Å². The predicted molar refractivity (Wildman–Crippen MR) is 93.0 cm³/mol. The fourth-order valence-corrected chi connectivity index (χ4v) is 2.86. The van der Waals surface area contributed by atoms with Crippen LogP contribution < -0.4 is 5.43 Å². The SMILES string of the molecule is Cc1ccc(/C=N\NC(=O)Cn2nnc(-c3cccc(C(F)(F)F)c3)n2)s1. The lowest BCUT2D eigenvalue weighted by atomic mass is 10.1.